The molecule has 116 valence electrons. The Bertz CT molecular complexity index is 434. The number of rotatable bonds is 8. The molecule has 0 unspecified atom stereocenters. The molecule has 0 spiro atoms. The number of nitrogens with zero attached hydrogens (tertiary/aromatic N) is 1. The van der Waals surface area contributed by atoms with Gasteiger partial charge in [-0.1, -0.05) is 44.2 Å². The van der Waals surface area contributed by atoms with Crippen molar-refractivity contribution in [3.8, 4) is 0 Å². The first kappa shape index (κ1) is 17.0. The third-order valence-electron chi connectivity index (χ3n) is 2.87. The van der Waals surface area contributed by atoms with Crippen molar-refractivity contribution >= 4 is 12.0 Å². The summed E-state index contributed by atoms with van der Waals surface area (Å²) in [7, 11) is 0. The third-order valence-corrected chi connectivity index (χ3v) is 2.87. The summed E-state index contributed by atoms with van der Waals surface area (Å²) in [6.45, 7) is 5.43. The summed E-state index contributed by atoms with van der Waals surface area (Å²) < 4.78 is 5.06. The minimum atomic E-state index is -0.452. The molecular weight excluding hydrogens is 268 g/mol. The number of hydrogen-bond donors (Lipinski definition) is 1. The van der Waals surface area contributed by atoms with Crippen molar-refractivity contribution < 1.29 is 14.3 Å². The SMILES string of the molecule is CCCNC(=O)COC(=O)N(CCC)Cc1ccccc1. The topological polar surface area (TPSA) is 58.6 Å². The van der Waals surface area contributed by atoms with Crippen LogP contribution in [0, 0.1) is 0 Å². The van der Waals surface area contributed by atoms with E-state index in [-0.39, 0.29) is 12.5 Å². The van der Waals surface area contributed by atoms with Crippen LogP contribution in [0.1, 0.15) is 32.3 Å². The first-order chi connectivity index (χ1) is 10.2. The van der Waals surface area contributed by atoms with Crippen molar-refractivity contribution in [2.45, 2.75) is 33.2 Å². The van der Waals surface area contributed by atoms with Gasteiger partial charge in [0.2, 0.25) is 0 Å². The van der Waals surface area contributed by atoms with E-state index in [4.69, 9.17) is 4.74 Å². The van der Waals surface area contributed by atoms with E-state index in [2.05, 4.69) is 5.32 Å². The molecule has 0 aromatic heterocycles. The fourth-order valence-corrected chi connectivity index (χ4v) is 1.84. The van der Waals surface area contributed by atoms with Gasteiger partial charge in [0.05, 0.1) is 0 Å². The Balaban J connectivity index is 2.47. The van der Waals surface area contributed by atoms with Gasteiger partial charge in [0.25, 0.3) is 5.91 Å². The van der Waals surface area contributed by atoms with Crippen molar-refractivity contribution in [2.24, 2.45) is 0 Å². The van der Waals surface area contributed by atoms with Crippen LogP contribution in [0.3, 0.4) is 0 Å². The zero-order valence-electron chi connectivity index (χ0n) is 12.8. The summed E-state index contributed by atoms with van der Waals surface area (Å²) in [5.41, 5.74) is 1.04. The standard InChI is InChI=1S/C16H24N2O3/c1-3-10-17-15(19)13-21-16(20)18(11-4-2)12-14-8-6-5-7-9-14/h5-9H,3-4,10-13H2,1-2H3,(H,17,19). The maximum atomic E-state index is 12.0. The average molecular weight is 292 g/mol. The lowest BCUT2D eigenvalue weighted by Crippen LogP contribution is -2.35. The van der Waals surface area contributed by atoms with Crippen molar-refractivity contribution in [3.05, 3.63) is 35.9 Å². The molecule has 5 heteroatoms. The Morgan fingerprint density at radius 3 is 2.48 bits per heavy atom. The van der Waals surface area contributed by atoms with Crippen LogP contribution in [0.25, 0.3) is 0 Å². The van der Waals surface area contributed by atoms with E-state index in [1.54, 1.807) is 4.90 Å². The fourth-order valence-electron chi connectivity index (χ4n) is 1.84. The van der Waals surface area contributed by atoms with Crippen LogP contribution in [0.15, 0.2) is 30.3 Å². The van der Waals surface area contributed by atoms with Crippen molar-refractivity contribution in [2.75, 3.05) is 19.7 Å². The smallest absolute Gasteiger partial charge is 0.410 e. The van der Waals surface area contributed by atoms with Crippen molar-refractivity contribution in [1.82, 2.24) is 10.2 Å². The predicted molar refractivity (Wildman–Crippen MR) is 81.8 cm³/mol. The molecule has 0 radical (unpaired) electrons. The van der Waals surface area contributed by atoms with Gasteiger partial charge in [-0.2, -0.15) is 0 Å². The summed E-state index contributed by atoms with van der Waals surface area (Å²) >= 11 is 0. The predicted octanol–water partition coefficient (Wildman–Crippen LogP) is 2.56. The van der Waals surface area contributed by atoms with Crippen molar-refractivity contribution in [1.29, 1.82) is 0 Å². The lowest BCUT2D eigenvalue weighted by molar-refractivity contribution is -0.124. The highest BCUT2D eigenvalue weighted by Crippen LogP contribution is 2.06. The van der Waals surface area contributed by atoms with Gasteiger partial charge in [0.1, 0.15) is 0 Å². The van der Waals surface area contributed by atoms with Gasteiger partial charge in [0, 0.05) is 19.6 Å². The van der Waals surface area contributed by atoms with Gasteiger partial charge >= 0.3 is 6.09 Å². The van der Waals surface area contributed by atoms with E-state index in [1.807, 2.05) is 44.2 Å². The van der Waals surface area contributed by atoms with E-state index in [9.17, 15) is 9.59 Å². The molecule has 0 bridgehead atoms. The van der Waals surface area contributed by atoms with Gasteiger partial charge in [-0.25, -0.2) is 4.79 Å². The van der Waals surface area contributed by atoms with E-state index in [0.29, 0.717) is 19.6 Å². The first-order valence-corrected chi connectivity index (χ1v) is 7.39. The Hall–Kier alpha value is -2.04. The van der Waals surface area contributed by atoms with Crippen LogP contribution in [0.2, 0.25) is 0 Å². The second-order valence-corrected chi connectivity index (χ2v) is 4.81. The van der Waals surface area contributed by atoms with Crippen LogP contribution in [-0.2, 0) is 16.1 Å². The number of carbonyl (C=O) groups excluding carboxylic acids is 2. The molecule has 0 atom stereocenters. The van der Waals surface area contributed by atoms with E-state index >= 15 is 0 Å². The molecule has 0 aliphatic carbocycles. The minimum absolute atomic E-state index is 0.228. The summed E-state index contributed by atoms with van der Waals surface area (Å²) in [6, 6.07) is 9.73. The molecule has 1 aromatic rings. The van der Waals surface area contributed by atoms with E-state index < -0.39 is 6.09 Å². The summed E-state index contributed by atoms with van der Waals surface area (Å²) in [6.07, 6.45) is 1.24. The molecule has 1 rings (SSSR count). The van der Waals surface area contributed by atoms with Crippen LogP contribution >= 0.6 is 0 Å². The summed E-state index contributed by atoms with van der Waals surface area (Å²) in [5.74, 6) is -0.263. The second-order valence-electron chi connectivity index (χ2n) is 4.81. The Morgan fingerprint density at radius 1 is 1.14 bits per heavy atom. The highest BCUT2D eigenvalue weighted by molar-refractivity contribution is 5.80. The van der Waals surface area contributed by atoms with Crippen LogP contribution < -0.4 is 5.32 Å². The lowest BCUT2D eigenvalue weighted by atomic mass is 10.2. The van der Waals surface area contributed by atoms with Gasteiger partial charge in [-0.05, 0) is 18.4 Å². The molecule has 1 N–H and O–H groups in total. The molecule has 0 fully saturated rings. The maximum Gasteiger partial charge on any atom is 0.410 e. The average Bonchev–Trinajstić information content (AvgIpc) is 2.51. The molecule has 0 aliphatic heterocycles. The number of ether oxygens (including phenoxy) is 1. The number of carbonyl (C=O) groups is 2. The van der Waals surface area contributed by atoms with Gasteiger partial charge in [-0.15, -0.1) is 0 Å². The first-order valence-electron chi connectivity index (χ1n) is 7.39. The minimum Gasteiger partial charge on any atom is -0.439 e. The zero-order valence-corrected chi connectivity index (χ0v) is 12.8. The molecule has 0 aliphatic rings. The third kappa shape index (κ3) is 6.79. The number of nitrogens with one attached hydrogen (secondary N) is 1. The monoisotopic (exact) mass is 292 g/mol. The largest absolute Gasteiger partial charge is 0.439 e. The molecule has 0 saturated heterocycles. The second kappa shape index (κ2) is 9.80. The molecule has 1 aromatic carbocycles. The Kier molecular flexibility index (Phi) is 7.94. The van der Waals surface area contributed by atoms with Crippen molar-refractivity contribution in [3.63, 3.8) is 0 Å². The molecule has 0 heterocycles. The van der Waals surface area contributed by atoms with Crippen LogP contribution in [-0.4, -0.2) is 36.6 Å². The van der Waals surface area contributed by atoms with Gasteiger partial charge in [0.15, 0.2) is 6.61 Å². The van der Waals surface area contributed by atoms with Gasteiger partial charge in [-0.3, -0.25) is 4.79 Å². The molecule has 21 heavy (non-hydrogen) atoms. The highest BCUT2D eigenvalue weighted by Gasteiger charge is 2.15. The maximum absolute atomic E-state index is 12.0. The molecule has 2 amide bonds. The van der Waals surface area contributed by atoms with Crippen LogP contribution in [0.5, 0.6) is 0 Å². The Morgan fingerprint density at radius 2 is 1.86 bits per heavy atom. The number of benzene rings is 1. The zero-order chi connectivity index (χ0) is 15.5. The summed E-state index contributed by atoms with van der Waals surface area (Å²) in [5, 5.41) is 2.67. The number of amides is 2. The molecule has 5 nitrogen and oxygen atoms in total. The number of hydrogen-bond acceptors (Lipinski definition) is 3. The Labute approximate surface area is 126 Å². The van der Waals surface area contributed by atoms with E-state index in [1.165, 1.54) is 0 Å². The van der Waals surface area contributed by atoms with Gasteiger partial charge < -0.3 is 15.0 Å². The summed E-state index contributed by atoms with van der Waals surface area (Å²) in [4.78, 5) is 25.1. The normalized spacial score (nSPS) is 10.0. The lowest BCUT2D eigenvalue weighted by Gasteiger charge is -2.21. The quantitative estimate of drug-likeness (QED) is 0.801. The fraction of sp³-hybridized carbons (Fsp3) is 0.500. The van der Waals surface area contributed by atoms with E-state index in [0.717, 1.165) is 18.4 Å². The highest BCUT2D eigenvalue weighted by atomic mass is 16.6. The van der Waals surface area contributed by atoms with Crippen LogP contribution in [0.4, 0.5) is 4.79 Å². The molecule has 0 saturated carbocycles. The molecular formula is C16H24N2O3.